The highest BCUT2D eigenvalue weighted by Gasteiger charge is 2.16. The Bertz CT molecular complexity index is 190. The lowest BCUT2D eigenvalue weighted by molar-refractivity contribution is 0.170. The molecule has 0 saturated carbocycles. The zero-order valence-corrected chi connectivity index (χ0v) is 12.4. The molecule has 0 aromatic heterocycles. The first-order valence-corrected chi connectivity index (χ1v) is 7.44. The molecule has 0 aromatic carbocycles. The topological polar surface area (TPSA) is 15.3 Å². The van der Waals surface area contributed by atoms with Crippen LogP contribution in [-0.2, 0) is 0 Å². The van der Waals surface area contributed by atoms with Gasteiger partial charge in [0.2, 0.25) is 0 Å². The summed E-state index contributed by atoms with van der Waals surface area (Å²) in [5.74, 6) is 0. The lowest BCUT2D eigenvalue weighted by atomic mass is 9.91. The van der Waals surface area contributed by atoms with Gasteiger partial charge in [-0.1, -0.05) is 27.2 Å². The van der Waals surface area contributed by atoms with Crippen LogP contribution in [0.3, 0.4) is 0 Å². The highest BCUT2D eigenvalue weighted by Crippen LogP contribution is 2.19. The maximum Gasteiger partial charge on any atom is 0.0192 e. The van der Waals surface area contributed by atoms with E-state index < -0.39 is 0 Å². The number of hydrogen-bond acceptors (Lipinski definition) is 2. The molecule has 1 saturated heterocycles. The van der Waals surface area contributed by atoms with E-state index in [1.165, 1.54) is 51.7 Å². The summed E-state index contributed by atoms with van der Waals surface area (Å²) in [6.45, 7) is 14.3. The molecule has 17 heavy (non-hydrogen) atoms. The van der Waals surface area contributed by atoms with Crippen LogP contribution in [0.2, 0.25) is 0 Å². The Hall–Kier alpha value is -0.0800. The first-order valence-electron chi connectivity index (χ1n) is 7.44. The van der Waals surface area contributed by atoms with Crippen molar-refractivity contribution in [2.24, 2.45) is 5.41 Å². The predicted octanol–water partition coefficient (Wildman–Crippen LogP) is 3.28. The van der Waals surface area contributed by atoms with Gasteiger partial charge in [-0.05, 0) is 57.7 Å². The molecule has 1 atom stereocenters. The average molecular weight is 240 g/mol. The van der Waals surface area contributed by atoms with E-state index in [-0.39, 0.29) is 0 Å². The third kappa shape index (κ3) is 7.05. The van der Waals surface area contributed by atoms with Crippen molar-refractivity contribution in [2.75, 3.05) is 26.2 Å². The van der Waals surface area contributed by atoms with Gasteiger partial charge in [0, 0.05) is 12.6 Å². The van der Waals surface area contributed by atoms with Crippen LogP contribution >= 0.6 is 0 Å². The van der Waals surface area contributed by atoms with Crippen LogP contribution in [-0.4, -0.2) is 37.1 Å². The smallest absolute Gasteiger partial charge is 0.0192 e. The highest BCUT2D eigenvalue weighted by molar-refractivity contribution is 4.73. The third-order valence-corrected chi connectivity index (χ3v) is 3.73. The Morgan fingerprint density at radius 3 is 2.35 bits per heavy atom. The van der Waals surface area contributed by atoms with Crippen LogP contribution in [0, 0.1) is 5.41 Å². The Balaban J connectivity index is 2.01. The largest absolute Gasteiger partial charge is 0.315 e. The quantitative estimate of drug-likeness (QED) is 0.717. The van der Waals surface area contributed by atoms with Crippen LogP contribution in [0.15, 0.2) is 0 Å². The van der Waals surface area contributed by atoms with Gasteiger partial charge in [0.25, 0.3) is 0 Å². The van der Waals surface area contributed by atoms with Crippen molar-refractivity contribution in [1.82, 2.24) is 10.2 Å². The van der Waals surface area contributed by atoms with E-state index in [2.05, 4.69) is 37.9 Å². The first-order chi connectivity index (χ1) is 7.99. The minimum absolute atomic E-state index is 0.486. The summed E-state index contributed by atoms with van der Waals surface area (Å²) in [6.07, 6.45) is 6.85. The molecule has 1 rings (SSSR count). The van der Waals surface area contributed by atoms with E-state index in [1.54, 1.807) is 0 Å². The normalized spacial score (nSPS) is 20.5. The summed E-state index contributed by atoms with van der Waals surface area (Å²) in [6, 6.07) is 0.713. The molecule has 102 valence electrons. The molecule has 2 heteroatoms. The van der Waals surface area contributed by atoms with Gasteiger partial charge in [0.15, 0.2) is 0 Å². The van der Waals surface area contributed by atoms with E-state index >= 15 is 0 Å². The van der Waals surface area contributed by atoms with Gasteiger partial charge < -0.3 is 5.32 Å². The van der Waals surface area contributed by atoms with Gasteiger partial charge >= 0.3 is 0 Å². The van der Waals surface area contributed by atoms with Crippen molar-refractivity contribution in [3.63, 3.8) is 0 Å². The van der Waals surface area contributed by atoms with Crippen molar-refractivity contribution in [1.29, 1.82) is 0 Å². The second-order valence-electron chi connectivity index (χ2n) is 6.81. The second-order valence-corrected chi connectivity index (χ2v) is 6.81. The van der Waals surface area contributed by atoms with Crippen LogP contribution in [0.4, 0.5) is 0 Å². The van der Waals surface area contributed by atoms with Gasteiger partial charge in [-0.25, -0.2) is 0 Å². The first kappa shape index (κ1) is 15.0. The summed E-state index contributed by atoms with van der Waals surface area (Å²) >= 11 is 0. The highest BCUT2D eigenvalue weighted by atomic mass is 15.2. The second kappa shape index (κ2) is 7.38. The molecule has 1 fully saturated rings. The third-order valence-electron chi connectivity index (χ3n) is 3.73. The van der Waals surface area contributed by atoms with Crippen molar-refractivity contribution in [2.45, 2.75) is 65.8 Å². The Morgan fingerprint density at radius 1 is 1.12 bits per heavy atom. The minimum Gasteiger partial charge on any atom is -0.315 e. The van der Waals surface area contributed by atoms with E-state index in [4.69, 9.17) is 0 Å². The maximum absolute atomic E-state index is 3.61. The van der Waals surface area contributed by atoms with Crippen molar-refractivity contribution in [3.8, 4) is 0 Å². The predicted molar refractivity (Wildman–Crippen MR) is 76.4 cm³/mol. The van der Waals surface area contributed by atoms with Gasteiger partial charge in [0.05, 0.1) is 0 Å². The van der Waals surface area contributed by atoms with E-state index in [0.29, 0.717) is 11.5 Å². The number of piperidine rings is 1. The molecule has 1 heterocycles. The molecule has 0 aliphatic carbocycles. The van der Waals surface area contributed by atoms with Gasteiger partial charge in [-0.15, -0.1) is 0 Å². The fourth-order valence-electron chi connectivity index (χ4n) is 2.54. The molecule has 0 amide bonds. The molecule has 0 spiro atoms. The molecule has 2 nitrogen and oxygen atoms in total. The Labute approximate surface area is 108 Å². The van der Waals surface area contributed by atoms with Crippen LogP contribution in [0.25, 0.3) is 0 Å². The van der Waals surface area contributed by atoms with E-state index in [9.17, 15) is 0 Å². The lowest BCUT2D eigenvalue weighted by Gasteiger charge is -2.32. The maximum atomic E-state index is 3.61. The van der Waals surface area contributed by atoms with Crippen molar-refractivity contribution in [3.05, 3.63) is 0 Å². The average Bonchev–Trinajstić information content (AvgIpc) is 2.28. The van der Waals surface area contributed by atoms with E-state index in [1.807, 2.05) is 0 Å². The molecule has 0 aromatic rings. The van der Waals surface area contributed by atoms with Crippen LogP contribution in [0.5, 0.6) is 0 Å². The monoisotopic (exact) mass is 240 g/mol. The van der Waals surface area contributed by atoms with Crippen molar-refractivity contribution >= 4 is 0 Å². The fraction of sp³-hybridized carbons (Fsp3) is 1.00. The molecule has 1 unspecified atom stereocenters. The minimum atomic E-state index is 0.486. The molecule has 0 bridgehead atoms. The number of nitrogens with zero attached hydrogens (tertiary/aromatic N) is 1. The molecule has 1 N–H and O–H groups in total. The molecule has 1 aliphatic heterocycles. The summed E-state index contributed by atoms with van der Waals surface area (Å²) in [5, 5.41) is 3.61. The SMILES string of the molecule is CC(CNCCCC(C)(C)C)N1CCCCC1. The molecule has 0 radical (unpaired) electrons. The summed E-state index contributed by atoms with van der Waals surface area (Å²) in [4.78, 5) is 2.64. The van der Waals surface area contributed by atoms with Gasteiger partial charge in [-0.2, -0.15) is 0 Å². The van der Waals surface area contributed by atoms with Crippen LogP contribution < -0.4 is 5.32 Å². The Kier molecular flexibility index (Phi) is 6.50. The van der Waals surface area contributed by atoms with Crippen molar-refractivity contribution < 1.29 is 0 Å². The Morgan fingerprint density at radius 2 is 1.76 bits per heavy atom. The fourth-order valence-corrected chi connectivity index (χ4v) is 2.54. The zero-order valence-electron chi connectivity index (χ0n) is 12.4. The van der Waals surface area contributed by atoms with Gasteiger partial charge in [-0.3, -0.25) is 4.90 Å². The standard InChI is InChI=1S/C15H32N2/c1-14(17-11-6-5-7-12-17)13-16-10-8-9-15(2,3)4/h14,16H,5-13H2,1-4H3. The molecular weight excluding hydrogens is 208 g/mol. The number of likely N-dealkylation sites (tertiary alicyclic amines) is 1. The number of rotatable bonds is 6. The van der Waals surface area contributed by atoms with E-state index in [0.717, 1.165) is 6.54 Å². The zero-order chi connectivity index (χ0) is 12.7. The number of hydrogen-bond donors (Lipinski definition) is 1. The summed E-state index contributed by atoms with van der Waals surface area (Å²) < 4.78 is 0. The summed E-state index contributed by atoms with van der Waals surface area (Å²) in [7, 11) is 0. The lowest BCUT2D eigenvalue weighted by Crippen LogP contribution is -2.43. The van der Waals surface area contributed by atoms with Gasteiger partial charge in [0.1, 0.15) is 0 Å². The molecular formula is C15H32N2. The molecule has 1 aliphatic rings. The number of nitrogens with one attached hydrogen (secondary N) is 1. The van der Waals surface area contributed by atoms with Crippen LogP contribution in [0.1, 0.15) is 59.8 Å². The summed E-state index contributed by atoms with van der Waals surface area (Å²) in [5.41, 5.74) is 0.486.